The number of rotatable bonds is 4. The fourth-order valence-electron chi connectivity index (χ4n) is 1.90. The molecule has 0 saturated carbocycles. The summed E-state index contributed by atoms with van der Waals surface area (Å²) in [4.78, 5) is 14.8. The summed E-state index contributed by atoms with van der Waals surface area (Å²) in [5.41, 5.74) is -0.994. The van der Waals surface area contributed by atoms with E-state index in [0.29, 0.717) is 0 Å². The molecule has 0 unspecified atom stereocenters. The molecule has 22 heavy (non-hydrogen) atoms. The Morgan fingerprint density at radius 2 is 2.00 bits per heavy atom. The monoisotopic (exact) mass is 331 g/mol. The number of ether oxygens (including phenoxy) is 1. The van der Waals surface area contributed by atoms with Crippen molar-refractivity contribution < 1.29 is 27.8 Å². The summed E-state index contributed by atoms with van der Waals surface area (Å²) in [7, 11) is 1.27. The van der Waals surface area contributed by atoms with Gasteiger partial charge in [-0.15, -0.1) is 0 Å². The number of halogens is 4. The van der Waals surface area contributed by atoms with Crippen molar-refractivity contribution in [2.75, 3.05) is 7.11 Å². The molecular weight excluding hydrogens is 323 g/mol. The van der Waals surface area contributed by atoms with Gasteiger partial charge in [0.15, 0.2) is 0 Å². The molecule has 0 aliphatic rings. The van der Waals surface area contributed by atoms with Gasteiger partial charge in [0.1, 0.15) is 17.3 Å². The zero-order valence-corrected chi connectivity index (χ0v) is 11.9. The largest absolute Gasteiger partial charge is 0.494 e. The van der Waals surface area contributed by atoms with Crippen molar-refractivity contribution in [3.8, 4) is 16.9 Å². The van der Waals surface area contributed by atoms with Crippen molar-refractivity contribution in [2.24, 2.45) is 0 Å². The van der Waals surface area contributed by atoms with E-state index in [1.54, 1.807) is 0 Å². The van der Waals surface area contributed by atoms with Crippen LogP contribution in [0.5, 0.6) is 5.75 Å². The number of methoxy groups -OCH3 is 1. The van der Waals surface area contributed by atoms with E-state index in [4.69, 9.17) is 16.3 Å². The number of benzene rings is 1. The highest BCUT2D eigenvalue weighted by Crippen LogP contribution is 2.36. The zero-order valence-electron chi connectivity index (χ0n) is 11.1. The highest BCUT2D eigenvalue weighted by Gasteiger charge is 2.21. The maximum absolute atomic E-state index is 13.5. The molecule has 4 nitrogen and oxygen atoms in total. The summed E-state index contributed by atoms with van der Waals surface area (Å²) in [6.45, 7) is 0. The number of pyridine rings is 1. The standard InChI is InChI=1S/C14H9ClF3NO3/c1-22-12-5-19-11(13(17)18)4-7(12)6-2-9(15)10(16)3-8(6)14(20)21/h2-5,13H,1H3,(H,20,21). The second-order valence-electron chi connectivity index (χ2n) is 4.23. The van der Waals surface area contributed by atoms with Crippen molar-refractivity contribution >= 4 is 17.6 Å². The van der Waals surface area contributed by atoms with Gasteiger partial charge in [-0.3, -0.25) is 4.98 Å². The van der Waals surface area contributed by atoms with E-state index >= 15 is 0 Å². The van der Waals surface area contributed by atoms with Gasteiger partial charge in [-0.2, -0.15) is 0 Å². The molecule has 0 bridgehead atoms. The Hall–Kier alpha value is -2.28. The highest BCUT2D eigenvalue weighted by atomic mass is 35.5. The third-order valence-corrected chi connectivity index (χ3v) is 3.20. The smallest absolute Gasteiger partial charge is 0.336 e. The molecule has 1 aromatic carbocycles. The first kappa shape index (κ1) is 16.1. The molecule has 116 valence electrons. The van der Waals surface area contributed by atoms with E-state index in [2.05, 4.69) is 4.98 Å². The normalized spacial score (nSPS) is 10.8. The third kappa shape index (κ3) is 2.99. The first-order valence-electron chi connectivity index (χ1n) is 5.90. The lowest BCUT2D eigenvalue weighted by atomic mass is 9.98. The average molecular weight is 332 g/mol. The number of hydrogen-bond donors (Lipinski definition) is 1. The molecule has 0 fully saturated rings. The van der Waals surface area contributed by atoms with E-state index in [1.807, 2.05) is 0 Å². The second kappa shape index (κ2) is 6.23. The van der Waals surface area contributed by atoms with Crippen molar-refractivity contribution in [1.29, 1.82) is 0 Å². The summed E-state index contributed by atoms with van der Waals surface area (Å²) >= 11 is 5.67. The molecule has 0 radical (unpaired) electrons. The fraction of sp³-hybridized carbons (Fsp3) is 0.143. The molecule has 0 aliphatic heterocycles. The van der Waals surface area contributed by atoms with Crippen molar-refractivity contribution in [2.45, 2.75) is 6.43 Å². The minimum Gasteiger partial charge on any atom is -0.494 e. The molecular formula is C14H9ClF3NO3. The molecule has 1 heterocycles. The first-order chi connectivity index (χ1) is 10.3. The Kier molecular flexibility index (Phi) is 4.56. The molecule has 0 saturated heterocycles. The summed E-state index contributed by atoms with van der Waals surface area (Å²) in [6.07, 6.45) is -1.81. The van der Waals surface area contributed by atoms with Gasteiger partial charge in [0, 0.05) is 11.1 Å². The van der Waals surface area contributed by atoms with Crippen LogP contribution in [0.25, 0.3) is 11.1 Å². The number of alkyl halides is 2. The maximum atomic E-state index is 13.5. The number of aromatic carboxylic acids is 1. The lowest BCUT2D eigenvalue weighted by Gasteiger charge is -2.13. The van der Waals surface area contributed by atoms with E-state index in [-0.39, 0.29) is 21.9 Å². The highest BCUT2D eigenvalue weighted by molar-refractivity contribution is 6.31. The molecule has 1 aromatic heterocycles. The zero-order chi connectivity index (χ0) is 16.4. The quantitative estimate of drug-likeness (QED) is 0.912. The number of aromatic nitrogens is 1. The maximum Gasteiger partial charge on any atom is 0.336 e. The van der Waals surface area contributed by atoms with Crippen LogP contribution in [0.15, 0.2) is 24.4 Å². The SMILES string of the molecule is COc1cnc(C(F)F)cc1-c1cc(Cl)c(F)cc1C(=O)O. The lowest BCUT2D eigenvalue weighted by Crippen LogP contribution is -2.03. The lowest BCUT2D eigenvalue weighted by molar-refractivity contribution is 0.0697. The van der Waals surface area contributed by atoms with Gasteiger partial charge in [-0.1, -0.05) is 11.6 Å². The van der Waals surface area contributed by atoms with Gasteiger partial charge >= 0.3 is 5.97 Å². The number of carboxylic acid groups (broad SMARTS) is 1. The van der Waals surface area contributed by atoms with Crippen LogP contribution in [-0.2, 0) is 0 Å². The molecule has 0 aliphatic carbocycles. The Labute approximate surface area is 128 Å². The van der Waals surface area contributed by atoms with Crippen LogP contribution in [0.2, 0.25) is 5.02 Å². The molecule has 0 spiro atoms. The fourth-order valence-corrected chi connectivity index (χ4v) is 2.06. The Morgan fingerprint density at radius 3 is 2.55 bits per heavy atom. The summed E-state index contributed by atoms with van der Waals surface area (Å²) < 4.78 is 44.1. The van der Waals surface area contributed by atoms with Gasteiger partial charge < -0.3 is 9.84 Å². The van der Waals surface area contributed by atoms with Crippen molar-refractivity contribution in [3.05, 3.63) is 46.5 Å². The van der Waals surface area contributed by atoms with Gasteiger partial charge in [-0.25, -0.2) is 18.0 Å². The van der Waals surface area contributed by atoms with Crippen LogP contribution in [0.1, 0.15) is 22.5 Å². The number of carbonyl (C=O) groups is 1. The average Bonchev–Trinajstić information content (AvgIpc) is 2.48. The van der Waals surface area contributed by atoms with Crippen molar-refractivity contribution in [1.82, 2.24) is 4.98 Å². The molecule has 1 N–H and O–H groups in total. The van der Waals surface area contributed by atoms with Crippen LogP contribution in [0, 0.1) is 5.82 Å². The predicted molar refractivity (Wildman–Crippen MR) is 73.1 cm³/mol. The van der Waals surface area contributed by atoms with E-state index in [0.717, 1.165) is 24.4 Å². The van der Waals surface area contributed by atoms with E-state index in [1.165, 1.54) is 7.11 Å². The second-order valence-corrected chi connectivity index (χ2v) is 4.63. The van der Waals surface area contributed by atoms with Gasteiger partial charge in [0.05, 0.1) is 23.9 Å². The predicted octanol–water partition coefficient (Wildman–Crippen LogP) is 4.19. The minimum atomic E-state index is -2.85. The van der Waals surface area contributed by atoms with Gasteiger partial charge in [0.25, 0.3) is 6.43 Å². The van der Waals surface area contributed by atoms with Crippen LogP contribution in [-0.4, -0.2) is 23.2 Å². The summed E-state index contributed by atoms with van der Waals surface area (Å²) in [5, 5.41) is 8.83. The number of carboxylic acids is 1. The number of hydrogen-bond acceptors (Lipinski definition) is 3. The minimum absolute atomic E-state index is 0.0344. The summed E-state index contributed by atoms with van der Waals surface area (Å²) in [5.74, 6) is -2.29. The van der Waals surface area contributed by atoms with Crippen LogP contribution in [0.3, 0.4) is 0 Å². The van der Waals surface area contributed by atoms with Crippen LogP contribution >= 0.6 is 11.6 Å². The molecule has 2 rings (SSSR count). The first-order valence-corrected chi connectivity index (χ1v) is 6.27. The number of nitrogens with zero attached hydrogens (tertiary/aromatic N) is 1. The topological polar surface area (TPSA) is 59.4 Å². The molecule has 0 amide bonds. The molecule has 8 heteroatoms. The van der Waals surface area contributed by atoms with Crippen molar-refractivity contribution in [3.63, 3.8) is 0 Å². The Bertz CT molecular complexity index is 738. The third-order valence-electron chi connectivity index (χ3n) is 2.91. The van der Waals surface area contributed by atoms with Crippen LogP contribution in [0.4, 0.5) is 13.2 Å². The van der Waals surface area contributed by atoms with E-state index < -0.39 is 29.5 Å². The summed E-state index contributed by atoms with van der Waals surface area (Å²) in [6, 6.07) is 2.76. The Morgan fingerprint density at radius 1 is 1.32 bits per heavy atom. The molecule has 2 aromatic rings. The molecule has 0 atom stereocenters. The Balaban J connectivity index is 2.77. The van der Waals surface area contributed by atoms with Gasteiger partial charge in [0.2, 0.25) is 0 Å². The van der Waals surface area contributed by atoms with Crippen LogP contribution < -0.4 is 4.74 Å². The van der Waals surface area contributed by atoms with E-state index in [9.17, 15) is 23.1 Å². The van der Waals surface area contributed by atoms with Gasteiger partial charge in [-0.05, 0) is 18.2 Å².